The fourth-order valence-corrected chi connectivity index (χ4v) is 6.27. The number of amides is 2. The van der Waals surface area contributed by atoms with E-state index in [0.717, 1.165) is 11.1 Å². The van der Waals surface area contributed by atoms with Crippen molar-refractivity contribution in [3.8, 4) is 0 Å². The minimum Gasteiger partial charge on any atom is -0.481 e. The van der Waals surface area contributed by atoms with Gasteiger partial charge in [-0.05, 0) is 32.9 Å². The van der Waals surface area contributed by atoms with Crippen molar-refractivity contribution in [1.29, 1.82) is 0 Å². The number of imide groups is 1. The summed E-state index contributed by atoms with van der Waals surface area (Å²) in [6.45, 7) is 9.26. The van der Waals surface area contributed by atoms with Crippen LogP contribution >= 0.6 is 0 Å². The number of fused-ring (bicyclic) bond motifs is 5. The third-order valence-electron chi connectivity index (χ3n) is 8.19. The van der Waals surface area contributed by atoms with Crippen LogP contribution in [-0.2, 0) is 14.4 Å². The molecule has 2 amide bonds. The molecule has 2 aliphatic carbocycles. The van der Waals surface area contributed by atoms with Gasteiger partial charge in [-0.15, -0.1) is 0 Å². The van der Waals surface area contributed by atoms with Crippen molar-refractivity contribution in [1.82, 2.24) is 0 Å². The molecule has 1 saturated carbocycles. The molecule has 1 saturated heterocycles. The number of allylic oxidation sites excluding steroid dienone is 2. The molecule has 0 aromatic heterocycles. The summed E-state index contributed by atoms with van der Waals surface area (Å²) in [6, 6.07) is 8.90. The highest BCUT2D eigenvalue weighted by molar-refractivity contribution is 6.24. The van der Waals surface area contributed by atoms with Crippen LogP contribution in [0.4, 0.5) is 5.69 Å². The molecule has 3 aliphatic rings. The van der Waals surface area contributed by atoms with Crippen molar-refractivity contribution < 1.29 is 19.5 Å². The topological polar surface area (TPSA) is 74.7 Å². The van der Waals surface area contributed by atoms with Crippen molar-refractivity contribution in [2.24, 2.45) is 28.1 Å². The maximum Gasteiger partial charge on any atom is 0.311 e. The number of aliphatic carboxylic acids is 1. The van der Waals surface area contributed by atoms with Crippen LogP contribution in [0.15, 0.2) is 41.5 Å². The summed E-state index contributed by atoms with van der Waals surface area (Å²) in [6.07, 6.45) is 0. The third-order valence-corrected chi connectivity index (χ3v) is 8.19. The molecule has 1 heterocycles. The fourth-order valence-electron chi connectivity index (χ4n) is 6.27. The number of carboxylic acids is 1. The molecule has 1 aliphatic heterocycles. The van der Waals surface area contributed by atoms with E-state index in [1.807, 2.05) is 33.8 Å². The predicted molar refractivity (Wildman–Crippen MR) is 96.2 cm³/mol. The number of para-hydroxylation sites is 1. The molecule has 2 bridgehead atoms. The molecular weight excluding hydrogens is 330 g/mol. The van der Waals surface area contributed by atoms with Gasteiger partial charge >= 0.3 is 5.97 Å². The number of carboxylic acid groups (broad SMARTS) is 1. The van der Waals surface area contributed by atoms with Gasteiger partial charge in [-0.1, -0.05) is 43.2 Å². The lowest BCUT2D eigenvalue weighted by atomic mass is 9.59. The van der Waals surface area contributed by atoms with E-state index in [1.54, 1.807) is 31.2 Å². The van der Waals surface area contributed by atoms with E-state index < -0.39 is 34.1 Å². The van der Waals surface area contributed by atoms with E-state index in [9.17, 15) is 19.5 Å². The normalized spacial score (nSPS) is 41.2. The summed E-state index contributed by atoms with van der Waals surface area (Å²) in [4.78, 5) is 40.5. The van der Waals surface area contributed by atoms with Crippen LogP contribution in [0, 0.1) is 28.1 Å². The Kier molecular flexibility index (Phi) is 3.04. The van der Waals surface area contributed by atoms with E-state index in [-0.39, 0.29) is 11.8 Å². The Morgan fingerprint density at radius 2 is 1.35 bits per heavy atom. The van der Waals surface area contributed by atoms with Crippen molar-refractivity contribution in [2.45, 2.75) is 34.6 Å². The van der Waals surface area contributed by atoms with Crippen molar-refractivity contribution in [2.75, 3.05) is 4.90 Å². The Labute approximate surface area is 152 Å². The summed E-state index contributed by atoms with van der Waals surface area (Å²) in [5.41, 5.74) is -0.560. The van der Waals surface area contributed by atoms with Gasteiger partial charge in [0.25, 0.3) is 0 Å². The SMILES string of the molecule is CC1=C(C)[C@]2(C)[C@@H]3C(=O)N(c4ccccc4)C(=O)[C@@H]3[C@@]1(C)C2(C)C(=O)O. The lowest BCUT2D eigenvalue weighted by Crippen LogP contribution is -2.50. The van der Waals surface area contributed by atoms with Crippen LogP contribution in [0.2, 0.25) is 0 Å². The van der Waals surface area contributed by atoms with Gasteiger partial charge in [0.2, 0.25) is 11.8 Å². The molecule has 2 fully saturated rings. The predicted octanol–water partition coefficient (Wildman–Crippen LogP) is 3.26. The van der Waals surface area contributed by atoms with Gasteiger partial charge in [0.05, 0.1) is 22.9 Å². The molecule has 0 spiro atoms. The zero-order valence-electron chi connectivity index (χ0n) is 15.7. The average Bonchev–Trinajstić information content (AvgIpc) is 3.02. The van der Waals surface area contributed by atoms with Crippen LogP contribution in [0.1, 0.15) is 34.6 Å². The van der Waals surface area contributed by atoms with Crippen LogP contribution in [0.25, 0.3) is 0 Å². The Balaban J connectivity index is 1.97. The van der Waals surface area contributed by atoms with E-state index >= 15 is 0 Å². The van der Waals surface area contributed by atoms with E-state index in [0.29, 0.717) is 5.69 Å². The molecule has 1 aromatic carbocycles. The van der Waals surface area contributed by atoms with Crippen molar-refractivity contribution in [3.63, 3.8) is 0 Å². The Morgan fingerprint density at radius 3 is 1.73 bits per heavy atom. The first-order chi connectivity index (χ1) is 12.1. The molecule has 26 heavy (non-hydrogen) atoms. The number of hydrogen-bond donors (Lipinski definition) is 1. The number of carbonyl (C=O) groups is 3. The monoisotopic (exact) mass is 353 g/mol. The third kappa shape index (κ3) is 1.37. The fraction of sp³-hybridized carbons (Fsp3) is 0.476. The first-order valence-corrected chi connectivity index (χ1v) is 8.91. The van der Waals surface area contributed by atoms with Gasteiger partial charge in [0.15, 0.2) is 0 Å². The number of hydrogen-bond acceptors (Lipinski definition) is 3. The Hall–Kier alpha value is -2.43. The Bertz CT molecular complexity index is 858. The summed E-state index contributed by atoms with van der Waals surface area (Å²) >= 11 is 0. The highest BCUT2D eigenvalue weighted by Crippen LogP contribution is 2.79. The number of carbonyl (C=O) groups excluding carboxylic acids is 2. The van der Waals surface area contributed by atoms with Gasteiger partial charge in [-0.2, -0.15) is 0 Å². The standard InChI is InChI=1S/C21H23NO4/c1-11-12(2)20(4)15-14(19(11,3)21(20,5)18(25)26)16(23)22(17(15)24)13-9-7-6-8-10-13/h6-10,14-15H,1-5H3,(H,25,26)/t14-,15+,19+,20-,21?. The summed E-state index contributed by atoms with van der Waals surface area (Å²) < 4.78 is 0. The van der Waals surface area contributed by atoms with Crippen LogP contribution < -0.4 is 4.90 Å². The van der Waals surface area contributed by atoms with Crippen LogP contribution in [0.3, 0.4) is 0 Å². The molecule has 1 N–H and O–H groups in total. The van der Waals surface area contributed by atoms with E-state index in [4.69, 9.17) is 0 Å². The molecule has 5 heteroatoms. The van der Waals surface area contributed by atoms with Crippen molar-refractivity contribution in [3.05, 3.63) is 41.5 Å². The molecule has 136 valence electrons. The van der Waals surface area contributed by atoms with Gasteiger partial charge in [-0.25, -0.2) is 4.90 Å². The second-order valence-corrected chi connectivity index (χ2v) is 8.39. The smallest absolute Gasteiger partial charge is 0.311 e. The second kappa shape index (κ2) is 4.64. The lowest BCUT2D eigenvalue weighted by Gasteiger charge is -2.42. The summed E-state index contributed by atoms with van der Waals surface area (Å²) in [5.74, 6) is -2.80. The van der Waals surface area contributed by atoms with Gasteiger partial charge in [-0.3, -0.25) is 14.4 Å². The first-order valence-electron chi connectivity index (χ1n) is 8.91. The highest BCUT2D eigenvalue weighted by Gasteiger charge is 2.84. The minimum absolute atomic E-state index is 0.281. The Morgan fingerprint density at radius 1 is 0.923 bits per heavy atom. The molecule has 1 aromatic rings. The van der Waals surface area contributed by atoms with Gasteiger partial charge < -0.3 is 5.11 Å². The molecular formula is C21H23NO4. The minimum atomic E-state index is -1.20. The molecule has 0 radical (unpaired) electrons. The van der Waals surface area contributed by atoms with E-state index in [1.165, 1.54) is 4.90 Å². The summed E-state index contributed by atoms with van der Waals surface area (Å²) in [5, 5.41) is 10.2. The molecule has 4 rings (SSSR count). The largest absolute Gasteiger partial charge is 0.481 e. The zero-order chi connectivity index (χ0) is 19.2. The number of anilines is 1. The second-order valence-electron chi connectivity index (χ2n) is 8.39. The lowest BCUT2D eigenvalue weighted by molar-refractivity contribution is -0.159. The summed E-state index contributed by atoms with van der Waals surface area (Å²) in [7, 11) is 0. The molecule has 5 nitrogen and oxygen atoms in total. The van der Waals surface area contributed by atoms with E-state index in [2.05, 4.69) is 0 Å². The first kappa shape index (κ1) is 17.0. The maximum absolute atomic E-state index is 13.4. The molecule has 1 unspecified atom stereocenters. The van der Waals surface area contributed by atoms with Gasteiger partial charge in [0.1, 0.15) is 0 Å². The number of benzene rings is 1. The number of nitrogens with zero attached hydrogens (tertiary/aromatic N) is 1. The van der Waals surface area contributed by atoms with Crippen LogP contribution in [0.5, 0.6) is 0 Å². The van der Waals surface area contributed by atoms with Crippen LogP contribution in [-0.4, -0.2) is 22.9 Å². The van der Waals surface area contributed by atoms with Gasteiger partial charge in [0, 0.05) is 10.8 Å². The molecule has 5 atom stereocenters. The maximum atomic E-state index is 13.4. The quantitative estimate of drug-likeness (QED) is 0.654. The highest BCUT2D eigenvalue weighted by atomic mass is 16.4. The average molecular weight is 353 g/mol. The van der Waals surface area contributed by atoms with Crippen molar-refractivity contribution >= 4 is 23.5 Å². The number of rotatable bonds is 2. The zero-order valence-corrected chi connectivity index (χ0v) is 15.7.